The van der Waals surface area contributed by atoms with E-state index in [9.17, 15) is 71.2 Å². The molecule has 0 spiro atoms. The molecule has 13 N–H and O–H groups in total. The highest BCUT2D eigenvalue weighted by Crippen LogP contribution is 2.44. The first-order valence-electron chi connectivity index (χ1n) is 19.3. The molecular formula is C41H45O22+. The summed E-state index contributed by atoms with van der Waals surface area (Å²) >= 11 is 0. The van der Waals surface area contributed by atoms with E-state index in [0.717, 1.165) is 30.3 Å². The molecule has 3 aliphatic heterocycles. The zero-order chi connectivity index (χ0) is 45.3. The molecule has 0 saturated carbocycles. The van der Waals surface area contributed by atoms with Crippen molar-refractivity contribution in [3.05, 3.63) is 72.3 Å². The number of carbonyl (C=O) groups is 1. The van der Waals surface area contributed by atoms with E-state index in [0.29, 0.717) is 5.56 Å². The molecule has 4 heterocycles. The van der Waals surface area contributed by atoms with Crippen LogP contribution in [0, 0.1) is 0 Å². The van der Waals surface area contributed by atoms with E-state index >= 15 is 0 Å². The molecule has 0 bridgehead atoms. The second-order valence-corrected chi connectivity index (χ2v) is 14.8. The Bertz CT molecular complexity index is 2250. The van der Waals surface area contributed by atoms with Crippen LogP contribution in [-0.2, 0) is 28.5 Å². The lowest BCUT2D eigenvalue weighted by molar-refractivity contribution is -0.321. The average Bonchev–Trinajstić information content (AvgIpc) is 3.54. The molecule has 22 heteroatoms. The fourth-order valence-electron chi connectivity index (χ4n) is 7.01. The van der Waals surface area contributed by atoms with Gasteiger partial charge in [0, 0.05) is 24.3 Å². The smallest absolute Gasteiger partial charge is 0.402 e. The van der Waals surface area contributed by atoms with Crippen LogP contribution in [0.15, 0.2) is 71.2 Å². The summed E-state index contributed by atoms with van der Waals surface area (Å²) in [6.07, 6.45) is -21.9. The van der Waals surface area contributed by atoms with Crippen molar-refractivity contribution in [2.45, 2.75) is 86.0 Å². The van der Waals surface area contributed by atoms with Crippen LogP contribution in [0.4, 0.5) is 0 Å². The number of aliphatic hydroxyl groups excluding tert-OH is 9. The largest absolute Gasteiger partial charge is 0.508 e. The van der Waals surface area contributed by atoms with Gasteiger partial charge in [-0.05, 0) is 35.9 Å². The number of carbonyl (C=O) groups excluding carboxylic acids is 1. The Morgan fingerprint density at radius 2 is 1.24 bits per heavy atom. The van der Waals surface area contributed by atoms with Gasteiger partial charge in [-0.15, -0.1) is 0 Å². The number of esters is 1. The van der Waals surface area contributed by atoms with Crippen molar-refractivity contribution < 1.29 is 109 Å². The van der Waals surface area contributed by atoms with Crippen molar-refractivity contribution in [1.82, 2.24) is 0 Å². The summed E-state index contributed by atoms with van der Waals surface area (Å²) in [7, 11) is 0. The zero-order valence-electron chi connectivity index (χ0n) is 32.6. The first-order chi connectivity index (χ1) is 30.1. The molecule has 14 atom stereocenters. The quantitative estimate of drug-likeness (QED) is 0.0307. The Morgan fingerprint density at radius 1 is 0.619 bits per heavy atom. The van der Waals surface area contributed by atoms with Gasteiger partial charge in [-0.1, -0.05) is 12.1 Å². The summed E-state index contributed by atoms with van der Waals surface area (Å²) in [5.74, 6) is -3.43. The highest BCUT2D eigenvalue weighted by molar-refractivity contribution is 5.89. The zero-order valence-corrected chi connectivity index (χ0v) is 32.6. The van der Waals surface area contributed by atoms with Gasteiger partial charge in [0.05, 0.1) is 24.8 Å². The lowest BCUT2D eigenvalue weighted by Gasteiger charge is -2.42. The van der Waals surface area contributed by atoms with E-state index in [-0.39, 0.29) is 39.5 Å². The molecular weight excluding hydrogens is 844 g/mol. The van der Waals surface area contributed by atoms with Crippen LogP contribution in [0.2, 0.25) is 0 Å². The number of phenolic OH excluding ortho intramolecular Hbond substituents is 4. The molecule has 1 aromatic heterocycles. The van der Waals surface area contributed by atoms with Crippen LogP contribution >= 0.6 is 0 Å². The summed E-state index contributed by atoms with van der Waals surface area (Å²) in [6, 6.07) is 12.7. The molecule has 63 heavy (non-hydrogen) atoms. The fourth-order valence-corrected chi connectivity index (χ4v) is 7.01. The number of hydrogen-bond acceptors (Lipinski definition) is 21. The van der Waals surface area contributed by atoms with Crippen molar-refractivity contribution in [2.24, 2.45) is 0 Å². The minimum absolute atomic E-state index is 0.000943. The summed E-state index contributed by atoms with van der Waals surface area (Å²) < 4.78 is 46.5. The van der Waals surface area contributed by atoms with E-state index in [2.05, 4.69) is 0 Å². The third-order valence-electron chi connectivity index (χ3n) is 10.5. The van der Waals surface area contributed by atoms with Crippen molar-refractivity contribution in [3.63, 3.8) is 0 Å². The Kier molecular flexibility index (Phi) is 13.8. The molecule has 4 aromatic rings. The molecule has 22 nitrogen and oxygen atoms in total. The van der Waals surface area contributed by atoms with Gasteiger partial charge in [-0.3, -0.25) is 0 Å². The average molecular weight is 890 g/mol. The molecule has 340 valence electrons. The van der Waals surface area contributed by atoms with Crippen LogP contribution < -0.4 is 9.47 Å². The third kappa shape index (κ3) is 9.73. The number of phenols is 4. The third-order valence-corrected chi connectivity index (χ3v) is 10.5. The Morgan fingerprint density at radius 3 is 1.92 bits per heavy atom. The van der Waals surface area contributed by atoms with Gasteiger partial charge in [0.1, 0.15) is 90.3 Å². The molecule has 0 aliphatic carbocycles. The van der Waals surface area contributed by atoms with Crippen LogP contribution in [0.5, 0.6) is 34.5 Å². The Balaban J connectivity index is 1.26. The predicted octanol–water partition coefficient (Wildman–Crippen LogP) is -1.71. The van der Waals surface area contributed by atoms with E-state index in [1.54, 1.807) is 0 Å². The Labute approximate surface area is 355 Å². The van der Waals surface area contributed by atoms with Gasteiger partial charge >= 0.3 is 17.3 Å². The summed E-state index contributed by atoms with van der Waals surface area (Å²) in [5, 5.41) is 135. The summed E-state index contributed by atoms with van der Waals surface area (Å²) in [5.41, 5.74) is 0.391. The van der Waals surface area contributed by atoms with Crippen molar-refractivity contribution in [2.75, 3.05) is 19.8 Å². The van der Waals surface area contributed by atoms with Crippen LogP contribution in [0.3, 0.4) is 0 Å². The van der Waals surface area contributed by atoms with Crippen LogP contribution in [-0.4, -0.2) is 178 Å². The van der Waals surface area contributed by atoms with E-state index in [4.69, 9.17) is 37.6 Å². The fraction of sp³-hybridized carbons (Fsp3) is 0.415. The molecule has 3 fully saturated rings. The van der Waals surface area contributed by atoms with Crippen molar-refractivity contribution in [3.8, 4) is 45.8 Å². The maximum atomic E-state index is 12.7. The predicted molar refractivity (Wildman–Crippen MR) is 207 cm³/mol. The highest BCUT2D eigenvalue weighted by atomic mass is 16.8. The second kappa shape index (κ2) is 19.1. The minimum atomic E-state index is -2.00. The molecule has 0 unspecified atom stereocenters. The maximum absolute atomic E-state index is 12.7. The molecule has 3 saturated heterocycles. The SMILES string of the molecule is O=C(/C=C/c1ccc(O)cc1)OC[C@H]1O[C@@H](Oc2cc3c(O[C@@H]4O[C@H](CO)[C@@H](O)[C@H](O)[C@H]4O)cc(O)cc3[o+]c2-c2ccc(O)c(O)c2)[C@H](O[C@@H]2O[C@H](CO)[C@H](O)[C@H]2O)[C@@H](O)[C@@H]1O. The van der Waals surface area contributed by atoms with E-state index in [1.807, 2.05) is 0 Å². The van der Waals surface area contributed by atoms with Gasteiger partial charge in [-0.2, -0.15) is 0 Å². The number of fused-ring (bicyclic) bond motifs is 1. The number of aromatic hydroxyl groups is 4. The second-order valence-electron chi connectivity index (χ2n) is 14.8. The standard InChI is InChI=1S/C41H44O22/c42-13-26-30(49)33(52)36(55)39(60-26)58-24-11-19(45)10-23-20(24)12-25(37(57-23)17-4-7-21(46)22(47)9-17)59-41-38(63-40-35(54)31(50)27(14-43)61-40)34(53)32(51)28(62-41)15-56-29(48)8-3-16-1-5-18(44)6-2-16/h1-12,26-28,30-36,38-43,49-55H,13-15H2,(H3-,44,45,46,47,48)/p+1/t26-,27-,28-,30-,31+,32-,33+,34+,35-,36-,38-,39-,40+,41-/m1/s1. The van der Waals surface area contributed by atoms with Crippen molar-refractivity contribution >= 4 is 23.0 Å². The molecule has 0 amide bonds. The summed E-state index contributed by atoms with van der Waals surface area (Å²) in [6.45, 7) is -2.23. The van der Waals surface area contributed by atoms with Crippen LogP contribution in [0.1, 0.15) is 5.56 Å². The molecule has 3 aliphatic rings. The summed E-state index contributed by atoms with van der Waals surface area (Å²) in [4.78, 5) is 12.7. The minimum Gasteiger partial charge on any atom is -0.508 e. The van der Waals surface area contributed by atoms with E-state index < -0.39 is 129 Å². The van der Waals surface area contributed by atoms with Gasteiger partial charge in [0.2, 0.25) is 18.3 Å². The molecule has 0 radical (unpaired) electrons. The number of rotatable bonds is 13. The van der Waals surface area contributed by atoms with Gasteiger partial charge < -0.3 is 99.5 Å². The molecule has 3 aromatic carbocycles. The number of aliphatic hydroxyl groups is 9. The first-order valence-corrected chi connectivity index (χ1v) is 19.3. The van der Waals surface area contributed by atoms with E-state index in [1.165, 1.54) is 42.5 Å². The maximum Gasteiger partial charge on any atom is 0.402 e. The number of ether oxygens (including phenoxy) is 7. The number of hydrogen-bond donors (Lipinski definition) is 13. The van der Waals surface area contributed by atoms with Gasteiger partial charge in [-0.25, -0.2) is 9.21 Å². The highest BCUT2D eigenvalue weighted by Gasteiger charge is 2.52. The van der Waals surface area contributed by atoms with Gasteiger partial charge in [0.15, 0.2) is 23.9 Å². The topological polar surface area (TPSA) is 356 Å². The van der Waals surface area contributed by atoms with Gasteiger partial charge in [0.25, 0.3) is 0 Å². The normalized spacial score (nSPS) is 32.2. The lowest BCUT2D eigenvalue weighted by Crippen LogP contribution is -2.62. The number of benzene rings is 3. The van der Waals surface area contributed by atoms with Crippen LogP contribution in [0.25, 0.3) is 28.4 Å². The van der Waals surface area contributed by atoms with Crippen molar-refractivity contribution in [1.29, 1.82) is 0 Å². The Hall–Kier alpha value is -5.44. The molecule has 7 rings (SSSR count). The monoisotopic (exact) mass is 889 g/mol. The lowest BCUT2D eigenvalue weighted by atomic mass is 9.98. The first kappa shape index (κ1) is 45.6.